The lowest BCUT2D eigenvalue weighted by atomic mass is 10.1. The van der Waals surface area contributed by atoms with Crippen molar-refractivity contribution < 1.29 is 4.79 Å². The van der Waals surface area contributed by atoms with Crippen molar-refractivity contribution in [1.82, 2.24) is 24.6 Å². The quantitative estimate of drug-likeness (QED) is 0.927. The molecule has 0 saturated heterocycles. The summed E-state index contributed by atoms with van der Waals surface area (Å²) in [6, 6.07) is 2.47. The van der Waals surface area contributed by atoms with Crippen LogP contribution in [0.5, 0.6) is 0 Å². The van der Waals surface area contributed by atoms with Gasteiger partial charge in [0.2, 0.25) is 0 Å². The summed E-state index contributed by atoms with van der Waals surface area (Å²) in [7, 11) is 0. The molecule has 3 heterocycles. The van der Waals surface area contributed by atoms with Gasteiger partial charge in [0.15, 0.2) is 0 Å². The fourth-order valence-electron chi connectivity index (χ4n) is 3.96. The summed E-state index contributed by atoms with van der Waals surface area (Å²) in [5.41, 5.74) is 2.95. The molecule has 0 radical (unpaired) electrons. The highest BCUT2D eigenvalue weighted by atomic mass is 16.1. The standard InChI is InChI=1S/C19H29N5O/c1-11(2)18-22-21-17-8-7-15(10-23(17)18)20-19(25)16-9-13(5)24(12(3)4)14(16)6/h9,11-12,15H,7-8,10H2,1-6H3,(H,20,25)/t15-/m0/s1. The Morgan fingerprint density at radius 1 is 1.24 bits per heavy atom. The van der Waals surface area contributed by atoms with E-state index in [1.165, 1.54) is 0 Å². The van der Waals surface area contributed by atoms with Crippen molar-refractivity contribution >= 4 is 5.91 Å². The molecule has 1 amide bonds. The second kappa shape index (κ2) is 6.65. The maximum absolute atomic E-state index is 12.8. The molecule has 0 saturated carbocycles. The maximum atomic E-state index is 12.8. The molecule has 1 atom stereocenters. The third kappa shape index (κ3) is 3.22. The van der Waals surface area contributed by atoms with Gasteiger partial charge in [-0.25, -0.2) is 0 Å². The number of nitrogens with one attached hydrogen (secondary N) is 1. The van der Waals surface area contributed by atoms with Gasteiger partial charge in [-0.3, -0.25) is 4.79 Å². The van der Waals surface area contributed by atoms with Crippen LogP contribution in [0.2, 0.25) is 0 Å². The number of aromatic nitrogens is 4. The summed E-state index contributed by atoms with van der Waals surface area (Å²) < 4.78 is 4.39. The zero-order valence-electron chi connectivity index (χ0n) is 16.1. The molecule has 6 heteroatoms. The summed E-state index contributed by atoms with van der Waals surface area (Å²) in [5, 5.41) is 11.8. The zero-order valence-corrected chi connectivity index (χ0v) is 16.1. The second-order valence-electron chi connectivity index (χ2n) is 7.70. The Kier molecular flexibility index (Phi) is 4.71. The van der Waals surface area contributed by atoms with Crippen LogP contribution in [0.1, 0.15) is 79.5 Å². The summed E-state index contributed by atoms with van der Waals surface area (Å²) in [6.45, 7) is 13.4. The molecule has 136 valence electrons. The molecule has 6 nitrogen and oxygen atoms in total. The number of carbonyl (C=O) groups is 1. The molecule has 3 rings (SSSR count). The van der Waals surface area contributed by atoms with E-state index in [9.17, 15) is 4.79 Å². The average Bonchev–Trinajstić information content (AvgIpc) is 3.07. The highest BCUT2D eigenvalue weighted by Crippen LogP contribution is 2.22. The van der Waals surface area contributed by atoms with Crippen molar-refractivity contribution in [2.75, 3.05) is 0 Å². The number of rotatable bonds is 4. The van der Waals surface area contributed by atoms with Crippen molar-refractivity contribution in [3.8, 4) is 0 Å². The van der Waals surface area contributed by atoms with E-state index in [1.807, 2.05) is 13.0 Å². The van der Waals surface area contributed by atoms with Crippen molar-refractivity contribution in [2.24, 2.45) is 0 Å². The van der Waals surface area contributed by atoms with Gasteiger partial charge in [-0.2, -0.15) is 0 Å². The summed E-state index contributed by atoms with van der Waals surface area (Å²) >= 11 is 0. The Hall–Kier alpha value is -2.11. The van der Waals surface area contributed by atoms with E-state index in [4.69, 9.17) is 0 Å². The van der Waals surface area contributed by atoms with Crippen LogP contribution in [0.15, 0.2) is 6.07 Å². The van der Waals surface area contributed by atoms with E-state index in [1.54, 1.807) is 0 Å². The second-order valence-corrected chi connectivity index (χ2v) is 7.70. The van der Waals surface area contributed by atoms with Crippen LogP contribution in [0, 0.1) is 13.8 Å². The number of nitrogens with zero attached hydrogens (tertiary/aromatic N) is 4. The van der Waals surface area contributed by atoms with E-state index < -0.39 is 0 Å². The van der Waals surface area contributed by atoms with Gasteiger partial charge in [0.05, 0.1) is 5.56 Å². The highest BCUT2D eigenvalue weighted by Gasteiger charge is 2.26. The molecule has 0 unspecified atom stereocenters. The molecule has 25 heavy (non-hydrogen) atoms. The molecule has 1 N–H and O–H groups in total. The lowest BCUT2D eigenvalue weighted by molar-refractivity contribution is 0.0926. The van der Waals surface area contributed by atoms with Gasteiger partial charge >= 0.3 is 0 Å². The van der Waals surface area contributed by atoms with Crippen LogP contribution in [0.25, 0.3) is 0 Å². The summed E-state index contributed by atoms with van der Waals surface area (Å²) in [4.78, 5) is 12.8. The Morgan fingerprint density at radius 3 is 2.56 bits per heavy atom. The van der Waals surface area contributed by atoms with Gasteiger partial charge in [0.1, 0.15) is 11.6 Å². The minimum atomic E-state index is 0.0209. The lowest BCUT2D eigenvalue weighted by Crippen LogP contribution is -2.41. The topological polar surface area (TPSA) is 64.7 Å². The van der Waals surface area contributed by atoms with Crippen LogP contribution in [0.3, 0.4) is 0 Å². The Morgan fingerprint density at radius 2 is 1.96 bits per heavy atom. The smallest absolute Gasteiger partial charge is 0.253 e. The van der Waals surface area contributed by atoms with Crippen molar-refractivity contribution in [3.05, 3.63) is 34.7 Å². The van der Waals surface area contributed by atoms with Gasteiger partial charge in [-0.1, -0.05) is 13.8 Å². The fraction of sp³-hybridized carbons (Fsp3) is 0.632. The molecule has 1 aliphatic rings. The number of fused-ring (bicyclic) bond motifs is 1. The number of aryl methyl sites for hydroxylation is 2. The van der Waals surface area contributed by atoms with Crippen LogP contribution < -0.4 is 5.32 Å². The monoisotopic (exact) mass is 343 g/mol. The first-order valence-electron chi connectivity index (χ1n) is 9.20. The minimum Gasteiger partial charge on any atom is -0.347 e. The maximum Gasteiger partial charge on any atom is 0.253 e. The largest absolute Gasteiger partial charge is 0.347 e. The first-order valence-corrected chi connectivity index (χ1v) is 9.20. The van der Waals surface area contributed by atoms with Crippen LogP contribution in [-0.4, -0.2) is 31.3 Å². The van der Waals surface area contributed by atoms with Crippen molar-refractivity contribution in [1.29, 1.82) is 0 Å². The van der Waals surface area contributed by atoms with Crippen molar-refractivity contribution in [3.63, 3.8) is 0 Å². The molecule has 0 aromatic carbocycles. The molecule has 0 aliphatic carbocycles. The van der Waals surface area contributed by atoms with Gasteiger partial charge in [0.25, 0.3) is 5.91 Å². The first-order chi connectivity index (χ1) is 11.8. The molecule has 2 aromatic heterocycles. The Bertz CT molecular complexity index is 784. The Balaban J connectivity index is 1.76. The van der Waals surface area contributed by atoms with Crippen LogP contribution in [0.4, 0.5) is 0 Å². The lowest BCUT2D eigenvalue weighted by Gasteiger charge is -2.26. The normalized spacial score (nSPS) is 17.2. The van der Waals surface area contributed by atoms with Crippen LogP contribution in [-0.2, 0) is 13.0 Å². The average molecular weight is 343 g/mol. The minimum absolute atomic E-state index is 0.0209. The fourth-order valence-corrected chi connectivity index (χ4v) is 3.96. The molecular weight excluding hydrogens is 314 g/mol. The predicted octanol–water partition coefficient (Wildman–Crippen LogP) is 3.15. The number of hydrogen-bond acceptors (Lipinski definition) is 3. The predicted molar refractivity (Wildman–Crippen MR) is 98.0 cm³/mol. The molecule has 0 fully saturated rings. The molecule has 0 bridgehead atoms. The van der Waals surface area contributed by atoms with Gasteiger partial charge < -0.3 is 14.5 Å². The van der Waals surface area contributed by atoms with Crippen molar-refractivity contribution in [2.45, 2.75) is 78.9 Å². The zero-order chi connectivity index (χ0) is 18.3. The number of hydrogen-bond donors (Lipinski definition) is 1. The van der Waals surface area contributed by atoms with Crippen LogP contribution >= 0.6 is 0 Å². The molecule has 1 aliphatic heterocycles. The number of carbonyl (C=O) groups excluding carboxylic acids is 1. The van der Waals surface area contributed by atoms with E-state index in [0.29, 0.717) is 12.0 Å². The van der Waals surface area contributed by atoms with Gasteiger partial charge in [-0.05, 0) is 40.2 Å². The first kappa shape index (κ1) is 17.7. The van der Waals surface area contributed by atoms with E-state index in [-0.39, 0.29) is 11.9 Å². The summed E-state index contributed by atoms with van der Waals surface area (Å²) in [6.07, 6.45) is 1.76. The van der Waals surface area contributed by atoms with E-state index in [0.717, 1.165) is 48.0 Å². The number of amides is 1. The molecule has 2 aromatic rings. The molecular formula is C19H29N5O. The summed E-state index contributed by atoms with van der Waals surface area (Å²) in [5.74, 6) is 2.40. The van der Waals surface area contributed by atoms with E-state index >= 15 is 0 Å². The Labute approximate surface area is 149 Å². The van der Waals surface area contributed by atoms with Gasteiger partial charge in [0, 0.05) is 42.4 Å². The van der Waals surface area contributed by atoms with E-state index in [2.05, 4.69) is 59.3 Å². The SMILES string of the molecule is Cc1cc(C(=O)N[C@H]2CCc3nnc(C(C)C)n3C2)c(C)n1C(C)C. The third-order valence-corrected chi connectivity index (χ3v) is 5.07. The molecule has 0 spiro atoms. The third-order valence-electron chi connectivity index (χ3n) is 5.07. The highest BCUT2D eigenvalue weighted by molar-refractivity contribution is 5.95. The van der Waals surface area contributed by atoms with Gasteiger partial charge in [-0.15, -0.1) is 10.2 Å².